The van der Waals surface area contributed by atoms with Gasteiger partial charge in [0, 0.05) is 0 Å². The summed E-state index contributed by atoms with van der Waals surface area (Å²) in [6.07, 6.45) is 6.55. The van der Waals surface area contributed by atoms with Crippen LogP contribution in [-0.4, -0.2) is 11.1 Å². The van der Waals surface area contributed by atoms with Crippen molar-refractivity contribution in [3.63, 3.8) is 0 Å². The number of hydrogen-bond donors (Lipinski definition) is 1. The Hall–Kier alpha value is -1.64. The largest absolute Gasteiger partial charge is 0.481 e. The first-order valence-electron chi connectivity index (χ1n) is 6.72. The van der Waals surface area contributed by atoms with Crippen LogP contribution in [0.5, 0.6) is 0 Å². The molecule has 0 saturated carbocycles. The highest BCUT2D eigenvalue weighted by atomic mass is 19.1. The Kier molecular flexibility index (Phi) is 6.86. The van der Waals surface area contributed by atoms with Gasteiger partial charge in [-0.3, -0.25) is 4.79 Å². The van der Waals surface area contributed by atoms with Crippen LogP contribution in [0.25, 0.3) is 0 Å². The number of hydrogen-bond acceptors (Lipinski definition) is 1. The summed E-state index contributed by atoms with van der Waals surface area (Å²) in [5.41, 5.74) is 0.522. The maximum atomic E-state index is 13.7. The summed E-state index contributed by atoms with van der Waals surface area (Å²) in [4.78, 5) is 10.9. The average Bonchev–Trinajstić information content (AvgIpc) is 2.37. The molecule has 0 aromatic heterocycles. The molecule has 1 atom stereocenters. The summed E-state index contributed by atoms with van der Waals surface area (Å²) in [5, 5.41) is 8.94. The Bertz CT molecular complexity index is 415. The van der Waals surface area contributed by atoms with E-state index in [2.05, 4.69) is 6.58 Å². The van der Waals surface area contributed by atoms with E-state index in [1.165, 1.54) is 6.07 Å². The van der Waals surface area contributed by atoms with E-state index in [-0.39, 0.29) is 18.2 Å². The molecule has 104 valence electrons. The average molecular weight is 264 g/mol. The normalized spacial score (nSPS) is 12.1. The molecule has 0 fully saturated rings. The summed E-state index contributed by atoms with van der Waals surface area (Å²) in [6, 6.07) is 6.46. The second-order valence-corrected chi connectivity index (χ2v) is 4.74. The molecule has 0 heterocycles. The fourth-order valence-corrected chi connectivity index (χ4v) is 2.24. The van der Waals surface area contributed by atoms with Gasteiger partial charge in [0.1, 0.15) is 5.82 Å². The topological polar surface area (TPSA) is 37.3 Å². The second-order valence-electron chi connectivity index (χ2n) is 4.74. The molecule has 1 aromatic rings. The van der Waals surface area contributed by atoms with E-state index in [0.29, 0.717) is 12.0 Å². The van der Waals surface area contributed by atoms with Crippen molar-refractivity contribution in [1.82, 2.24) is 0 Å². The third kappa shape index (κ3) is 5.69. The van der Waals surface area contributed by atoms with Crippen LogP contribution in [0.4, 0.5) is 4.39 Å². The number of carboxylic acids is 1. The van der Waals surface area contributed by atoms with Crippen molar-refractivity contribution in [3.05, 3.63) is 48.3 Å². The third-order valence-corrected chi connectivity index (χ3v) is 3.23. The first-order chi connectivity index (χ1) is 9.15. The van der Waals surface area contributed by atoms with Crippen molar-refractivity contribution in [2.75, 3.05) is 0 Å². The lowest BCUT2D eigenvalue weighted by Gasteiger charge is -2.16. The lowest BCUT2D eigenvalue weighted by atomic mass is 9.90. The molecule has 2 nitrogen and oxygen atoms in total. The van der Waals surface area contributed by atoms with Gasteiger partial charge in [0.2, 0.25) is 0 Å². The van der Waals surface area contributed by atoms with Crippen molar-refractivity contribution >= 4 is 5.97 Å². The molecule has 1 rings (SSSR count). The number of unbranched alkanes of at least 4 members (excludes halogenated alkanes) is 3. The van der Waals surface area contributed by atoms with Gasteiger partial charge in [-0.15, -0.1) is 6.58 Å². The van der Waals surface area contributed by atoms with Gasteiger partial charge < -0.3 is 5.11 Å². The highest BCUT2D eigenvalue weighted by molar-refractivity contribution is 5.68. The number of carbonyl (C=O) groups is 1. The number of benzene rings is 1. The zero-order chi connectivity index (χ0) is 14.1. The van der Waals surface area contributed by atoms with Gasteiger partial charge in [-0.2, -0.15) is 0 Å². The zero-order valence-corrected chi connectivity index (χ0v) is 11.1. The van der Waals surface area contributed by atoms with Crippen LogP contribution in [0.1, 0.15) is 50.0 Å². The first-order valence-corrected chi connectivity index (χ1v) is 6.72. The lowest BCUT2D eigenvalue weighted by molar-refractivity contribution is -0.137. The summed E-state index contributed by atoms with van der Waals surface area (Å²) in [5.74, 6) is -1.42. The highest BCUT2D eigenvalue weighted by Crippen LogP contribution is 2.28. The van der Waals surface area contributed by atoms with Gasteiger partial charge in [0.05, 0.1) is 6.42 Å². The van der Waals surface area contributed by atoms with E-state index >= 15 is 0 Å². The molecule has 0 amide bonds. The van der Waals surface area contributed by atoms with Crippen LogP contribution in [-0.2, 0) is 4.79 Å². The van der Waals surface area contributed by atoms with E-state index in [9.17, 15) is 9.18 Å². The van der Waals surface area contributed by atoms with Crippen LogP contribution in [0.2, 0.25) is 0 Å². The first kappa shape index (κ1) is 15.4. The Morgan fingerprint density at radius 2 is 2.05 bits per heavy atom. The zero-order valence-electron chi connectivity index (χ0n) is 11.1. The van der Waals surface area contributed by atoms with Crippen molar-refractivity contribution in [1.29, 1.82) is 0 Å². The van der Waals surface area contributed by atoms with Crippen LogP contribution in [0, 0.1) is 5.82 Å². The number of halogens is 1. The molecule has 1 aromatic carbocycles. The predicted octanol–water partition coefficient (Wildman–Crippen LogP) is 4.52. The molecule has 0 saturated heterocycles. The second kappa shape index (κ2) is 8.46. The van der Waals surface area contributed by atoms with Crippen molar-refractivity contribution in [2.45, 2.75) is 44.4 Å². The van der Waals surface area contributed by atoms with E-state index in [1.807, 2.05) is 6.08 Å². The molecule has 19 heavy (non-hydrogen) atoms. The Balaban J connectivity index is 2.59. The molecule has 0 aliphatic heterocycles. The monoisotopic (exact) mass is 264 g/mol. The molecule has 0 bridgehead atoms. The molecule has 0 radical (unpaired) electrons. The van der Waals surface area contributed by atoms with Gasteiger partial charge >= 0.3 is 5.97 Å². The number of rotatable bonds is 9. The SMILES string of the molecule is C=CCCCCCC(CC(=O)O)c1ccccc1F. The minimum absolute atomic E-state index is 0.0115. The van der Waals surface area contributed by atoms with Gasteiger partial charge in [-0.1, -0.05) is 37.1 Å². The van der Waals surface area contributed by atoms with Crippen LogP contribution in [0.3, 0.4) is 0 Å². The highest BCUT2D eigenvalue weighted by Gasteiger charge is 2.18. The standard InChI is InChI=1S/C16H21FO2/c1-2-3-4-5-6-9-13(12-16(18)19)14-10-7-8-11-15(14)17/h2,7-8,10-11,13H,1,3-6,9,12H2,(H,18,19). The Morgan fingerprint density at radius 3 is 2.68 bits per heavy atom. The maximum absolute atomic E-state index is 13.7. The minimum atomic E-state index is -0.876. The summed E-state index contributed by atoms with van der Waals surface area (Å²) in [6.45, 7) is 3.66. The summed E-state index contributed by atoms with van der Waals surface area (Å²) < 4.78 is 13.7. The molecule has 1 unspecified atom stereocenters. The number of carboxylic acid groups (broad SMARTS) is 1. The van der Waals surface area contributed by atoms with Gasteiger partial charge in [0.15, 0.2) is 0 Å². The molecule has 1 N–H and O–H groups in total. The Morgan fingerprint density at radius 1 is 1.32 bits per heavy atom. The fourth-order valence-electron chi connectivity index (χ4n) is 2.24. The fraction of sp³-hybridized carbons (Fsp3) is 0.438. The summed E-state index contributed by atoms with van der Waals surface area (Å²) >= 11 is 0. The van der Waals surface area contributed by atoms with E-state index < -0.39 is 5.97 Å². The quantitative estimate of drug-likeness (QED) is 0.526. The van der Waals surface area contributed by atoms with Crippen LogP contribution in [0.15, 0.2) is 36.9 Å². The molecular weight excluding hydrogens is 243 g/mol. The number of allylic oxidation sites excluding steroid dienone is 1. The van der Waals surface area contributed by atoms with E-state index in [4.69, 9.17) is 5.11 Å². The maximum Gasteiger partial charge on any atom is 0.303 e. The molecule has 3 heteroatoms. The van der Waals surface area contributed by atoms with E-state index in [1.54, 1.807) is 18.2 Å². The van der Waals surface area contributed by atoms with Crippen LogP contribution >= 0.6 is 0 Å². The van der Waals surface area contributed by atoms with Gasteiger partial charge in [-0.25, -0.2) is 4.39 Å². The number of aliphatic carboxylic acids is 1. The third-order valence-electron chi connectivity index (χ3n) is 3.23. The molecule has 0 aliphatic carbocycles. The van der Waals surface area contributed by atoms with Crippen molar-refractivity contribution in [3.8, 4) is 0 Å². The van der Waals surface area contributed by atoms with E-state index in [0.717, 1.165) is 25.7 Å². The van der Waals surface area contributed by atoms with Crippen LogP contribution < -0.4 is 0 Å². The Labute approximate surface area is 114 Å². The molecule has 0 aliphatic rings. The minimum Gasteiger partial charge on any atom is -0.481 e. The van der Waals surface area contributed by atoms with Gasteiger partial charge in [0.25, 0.3) is 0 Å². The molecular formula is C16H21FO2. The lowest BCUT2D eigenvalue weighted by Crippen LogP contribution is -2.08. The predicted molar refractivity (Wildman–Crippen MR) is 74.7 cm³/mol. The molecule has 0 spiro atoms. The van der Waals surface area contributed by atoms with Crippen molar-refractivity contribution < 1.29 is 14.3 Å². The van der Waals surface area contributed by atoms with Gasteiger partial charge in [-0.05, 0) is 36.8 Å². The smallest absolute Gasteiger partial charge is 0.303 e. The van der Waals surface area contributed by atoms with Crippen molar-refractivity contribution in [2.24, 2.45) is 0 Å². The summed E-state index contributed by atoms with van der Waals surface area (Å²) in [7, 11) is 0.